The predicted octanol–water partition coefficient (Wildman–Crippen LogP) is 0.474. The SMILES string of the molecule is OCCCOc1ncc(F)cc1CO. The zero-order valence-corrected chi connectivity index (χ0v) is 7.61. The number of halogens is 1. The number of hydrogen-bond acceptors (Lipinski definition) is 4. The van der Waals surface area contributed by atoms with Crippen LogP contribution >= 0.6 is 0 Å². The van der Waals surface area contributed by atoms with E-state index in [2.05, 4.69) is 4.98 Å². The molecule has 4 nitrogen and oxygen atoms in total. The van der Waals surface area contributed by atoms with Crippen LogP contribution in [0.5, 0.6) is 5.88 Å². The number of pyridine rings is 1. The van der Waals surface area contributed by atoms with Crippen molar-refractivity contribution >= 4 is 0 Å². The van der Waals surface area contributed by atoms with Crippen LogP contribution < -0.4 is 4.74 Å². The summed E-state index contributed by atoms with van der Waals surface area (Å²) in [6.07, 6.45) is 1.50. The maximum Gasteiger partial charge on any atom is 0.219 e. The first-order chi connectivity index (χ1) is 6.77. The summed E-state index contributed by atoms with van der Waals surface area (Å²) in [7, 11) is 0. The highest BCUT2D eigenvalue weighted by Gasteiger charge is 2.05. The van der Waals surface area contributed by atoms with E-state index in [0.29, 0.717) is 18.6 Å². The maximum absolute atomic E-state index is 12.7. The van der Waals surface area contributed by atoms with Crippen LogP contribution in [0.1, 0.15) is 12.0 Å². The van der Waals surface area contributed by atoms with Crippen LogP contribution in [-0.4, -0.2) is 28.4 Å². The van der Waals surface area contributed by atoms with Crippen molar-refractivity contribution in [3.8, 4) is 5.88 Å². The van der Waals surface area contributed by atoms with Crippen molar-refractivity contribution < 1.29 is 19.3 Å². The second kappa shape index (κ2) is 5.51. The molecule has 0 saturated carbocycles. The highest BCUT2D eigenvalue weighted by Crippen LogP contribution is 2.15. The van der Waals surface area contributed by atoms with Crippen LogP contribution in [-0.2, 0) is 6.61 Å². The highest BCUT2D eigenvalue weighted by atomic mass is 19.1. The molecule has 78 valence electrons. The Bertz CT molecular complexity index is 293. The van der Waals surface area contributed by atoms with Gasteiger partial charge in [0, 0.05) is 18.6 Å². The third-order valence-electron chi connectivity index (χ3n) is 1.60. The quantitative estimate of drug-likeness (QED) is 0.680. The largest absolute Gasteiger partial charge is 0.477 e. The second-order valence-electron chi connectivity index (χ2n) is 2.70. The van der Waals surface area contributed by atoms with E-state index in [1.54, 1.807) is 0 Å². The van der Waals surface area contributed by atoms with Gasteiger partial charge in [-0.3, -0.25) is 0 Å². The van der Waals surface area contributed by atoms with E-state index in [9.17, 15) is 4.39 Å². The lowest BCUT2D eigenvalue weighted by molar-refractivity contribution is 0.220. The first-order valence-corrected chi connectivity index (χ1v) is 4.27. The fourth-order valence-corrected chi connectivity index (χ4v) is 0.945. The topological polar surface area (TPSA) is 62.6 Å². The fraction of sp³-hybridized carbons (Fsp3) is 0.444. The van der Waals surface area contributed by atoms with Crippen LogP contribution in [0.25, 0.3) is 0 Å². The van der Waals surface area contributed by atoms with Crippen molar-refractivity contribution in [1.82, 2.24) is 4.98 Å². The molecule has 2 N–H and O–H groups in total. The molecular weight excluding hydrogens is 189 g/mol. The number of hydrogen-bond donors (Lipinski definition) is 2. The molecule has 14 heavy (non-hydrogen) atoms. The van der Waals surface area contributed by atoms with Crippen LogP contribution in [0.2, 0.25) is 0 Å². The molecule has 1 aromatic heterocycles. The third-order valence-corrected chi connectivity index (χ3v) is 1.60. The molecule has 0 unspecified atom stereocenters. The van der Waals surface area contributed by atoms with Crippen molar-refractivity contribution in [3.63, 3.8) is 0 Å². The van der Waals surface area contributed by atoms with E-state index in [1.165, 1.54) is 6.07 Å². The lowest BCUT2D eigenvalue weighted by Gasteiger charge is -2.07. The minimum atomic E-state index is -0.511. The summed E-state index contributed by atoms with van der Waals surface area (Å²) in [6.45, 7) is -0.00297. The van der Waals surface area contributed by atoms with E-state index in [4.69, 9.17) is 14.9 Å². The molecule has 1 heterocycles. The van der Waals surface area contributed by atoms with E-state index < -0.39 is 5.82 Å². The van der Waals surface area contributed by atoms with Crippen molar-refractivity contribution in [2.45, 2.75) is 13.0 Å². The van der Waals surface area contributed by atoms with Gasteiger partial charge in [0.2, 0.25) is 5.88 Å². The number of nitrogens with zero attached hydrogens (tertiary/aromatic N) is 1. The highest BCUT2D eigenvalue weighted by molar-refractivity contribution is 5.25. The smallest absolute Gasteiger partial charge is 0.219 e. The molecule has 0 aliphatic carbocycles. The zero-order valence-electron chi connectivity index (χ0n) is 7.61. The number of aliphatic hydroxyl groups excluding tert-OH is 2. The average Bonchev–Trinajstić information content (AvgIpc) is 2.20. The van der Waals surface area contributed by atoms with Crippen molar-refractivity contribution in [1.29, 1.82) is 0 Å². The molecule has 0 fully saturated rings. The number of aromatic nitrogens is 1. The van der Waals surface area contributed by atoms with Gasteiger partial charge in [-0.1, -0.05) is 0 Å². The summed E-state index contributed by atoms with van der Waals surface area (Å²) < 4.78 is 17.8. The molecule has 0 amide bonds. The van der Waals surface area contributed by atoms with Crippen LogP contribution in [0, 0.1) is 5.82 Å². The predicted molar refractivity (Wildman–Crippen MR) is 47.3 cm³/mol. The molecule has 1 rings (SSSR count). The molecule has 0 spiro atoms. The Balaban J connectivity index is 2.65. The standard InChI is InChI=1S/C9H12FNO3/c10-8-4-7(6-13)9(11-5-8)14-3-1-2-12/h4-5,12-13H,1-3,6H2. The van der Waals surface area contributed by atoms with Crippen molar-refractivity contribution in [2.24, 2.45) is 0 Å². The Labute approximate surface area is 81.0 Å². The van der Waals surface area contributed by atoms with Gasteiger partial charge in [-0.2, -0.15) is 0 Å². The van der Waals surface area contributed by atoms with E-state index in [0.717, 1.165) is 6.20 Å². The molecule has 0 aliphatic heterocycles. The molecule has 1 aromatic rings. The molecule has 0 saturated heterocycles. The van der Waals surface area contributed by atoms with Gasteiger partial charge in [0.1, 0.15) is 5.82 Å². The van der Waals surface area contributed by atoms with Gasteiger partial charge < -0.3 is 14.9 Å². The van der Waals surface area contributed by atoms with Gasteiger partial charge in [0.05, 0.1) is 19.4 Å². The van der Waals surface area contributed by atoms with Gasteiger partial charge in [0.15, 0.2) is 0 Å². The normalized spacial score (nSPS) is 10.2. The van der Waals surface area contributed by atoms with Gasteiger partial charge in [-0.15, -0.1) is 0 Å². The Hall–Kier alpha value is -1.20. The second-order valence-corrected chi connectivity index (χ2v) is 2.70. The van der Waals surface area contributed by atoms with Gasteiger partial charge in [-0.05, 0) is 6.07 Å². The maximum atomic E-state index is 12.7. The minimum Gasteiger partial charge on any atom is -0.477 e. The molecule has 5 heteroatoms. The summed E-state index contributed by atoms with van der Waals surface area (Å²) in [5.74, 6) is -0.300. The van der Waals surface area contributed by atoms with E-state index in [1.807, 2.05) is 0 Å². The molecule has 0 aromatic carbocycles. The van der Waals surface area contributed by atoms with Crippen LogP contribution in [0.15, 0.2) is 12.3 Å². The van der Waals surface area contributed by atoms with Crippen molar-refractivity contribution in [3.05, 3.63) is 23.6 Å². The number of ether oxygens (including phenoxy) is 1. The lowest BCUT2D eigenvalue weighted by atomic mass is 10.3. The lowest BCUT2D eigenvalue weighted by Crippen LogP contribution is -2.04. The monoisotopic (exact) mass is 201 g/mol. The molecule has 0 bridgehead atoms. The number of rotatable bonds is 5. The zero-order chi connectivity index (χ0) is 10.4. The Kier molecular flexibility index (Phi) is 4.28. The summed E-state index contributed by atoms with van der Waals surface area (Å²) in [5.41, 5.74) is 0.308. The summed E-state index contributed by atoms with van der Waals surface area (Å²) in [5, 5.41) is 17.4. The first kappa shape index (κ1) is 10.9. The van der Waals surface area contributed by atoms with E-state index in [-0.39, 0.29) is 19.1 Å². The Morgan fingerprint density at radius 2 is 2.21 bits per heavy atom. The summed E-state index contributed by atoms with van der Waals surface area (Å²) in [6, 6.07) is 1.17. The van der Waals surface area contributed by atoms with Gasteiger partial charge >= 0.3 is 0 Å². The minimum absolute atomic E-state index is 0.0235. The van der Waals surface area contributed by atoms with Gasteiger partial charge in [-0.25, -0.2) is 9.37 Å². The summed E-state index contributed by atoms with van der Waals surface area (Å²) >= 11 is 0. The third kappa shape index (κ3) is 2.93. The molecule has 0 atom stereocenters. The number of aliphatic hydroxyl groups is 2. The van der Waals surface area contributed by atoms with Crippen molar-refractivity contribution in [2.75, 3.05) is 13.2 Å². The molecular formula is C9H12FNO3. The molecule has 0 aliphatic rings. The Morgan fingerprint density at radius 3 is 2.86 bits per heavy atom. The average molecular weight is 201 g/mol. The van der Waals surface area contributed by atoms with Crippen LogP contribution in [0.3, 0.4) is 0 Å². The van der Waals surface area contributed by atoms with Gasteiger partial charge in [0.25, 0.3) is 0 Å². The summed E-state index contributed by atoms with van der Waals surface area (Å²) in [4.78, 5) is 3.68. The first-order valence-electron chi connectivity index (χ1n) is 4.27. The molecule has 0 radical (unpaired) electrons. The Morgan fingerprint density at radius 1 is 1.43 bits per heavy atom. The van der Waals surface area contributed by atoms with E-state index >= 15 is 0 Å². The fourth-order valence-electron chi connectivity index (χ4n) is 0.945. The van der Waals surface area contributed by atoms with Crippen LogP contribution in [0.4, 0.5) is 4.39 Å².